The predicted molar refractivity (Wildman–Crippen MR) is 111 cm³/mol. The zero-order valence-electron chi connectivity index (χ0n) is 16.5. The van der Waals surface area contributed by atoms with Crippen molar-refractivity contribution in [1.82, 2.24) is 10.6 Å². The molecule has 1 aliphatic rings. The lowest BCUT2D eigenvalue weighted by atomic mass is 9.95. The lowest BCUT2D eigenvalue weighted by Crippen LogP contribution is -2.47. The average molecular weight is 395 g/mol. The second-order valence-corrected chi connectivity index (χ2v) is 6.37. The Morgan fingerprint density at radius 2 is 1.76 bits per heavy atom. The average Bonchev–Trinajstić information content (AvgIpc) is 2.74. The maximum absolute atomic E-state index is 12.7. The van der Waals surface area contributed by atoms with E-state index in [1.54, 1.807) is 6.92 Å². The van der Waals surface area contributed by atoms with E-state index in [2.05, 4.69) is 16.0 Å². The van der Waals surface area contributed by atoms with Crippen LogP contribution in [0.5, 0.6) is 5.75 Å². The third-order valence-corrected chi connectivity index (χ3v) is 4.42. The number of rotatable bonds is 8. The Bertz CT molecular complexity index is 879. The van der Waals surface area contributed by atoms with Crippen molar-refractivity contribution in [2.45, 2.75) is 19.9 Å². The molecule has 0 radical (unpaired) electrons. The van der Waals surface area contributed by atoms with E-state index in [0.29, 0.717) is 17.9 Å². The Morgan fingerprint density at radius 3 is 2.41 bits per heavy atom. The van der Waals surface area contributed by atoms with Crippen LogP contribution in [-0.4, -0.2) is 31.8 Å². The smallest absolute Gasteiger partial charge is 0.338 e. The fourth-order valence-electron chi connectivity index (χ4n) is 3.13. The van der Waals surface area contributed by atoms with Gasteiger partial charge in [-0.2, -0.15) is 0 Å². The molecule has 29 heavy (non-hydrogen) atoms. The van der Waals surface area contributed by atoms with Gasteiger partial charge in [0, 0.05) is 5.69 Å². The van der Waals surface area contributed by atoms with Crippen LogP contribution in [0.4, 0.5) is 10.5 Å². The van der Waals surface area contributed by atoms with Crippen molar-refractivity contribution >= 4 is 17.7 Å². The van der Waals surface area contributed by atoms with Crippen LogP contribution in [0.3, 0.4) is 0 Å². The highest BCUT2D eigenvalue weighted by Gasteiger charge is 2.33. The quantitative estimate of drug-likeness (QED) is 0.597. The maximum Gasteiger partial charge on any atom is 0.338 e. The standard InChI is InChI=1S/C22H25N3O4/c1-3-28-17-12-10-16(11-13-17)23-14-18-19(21(26)29-4-2)20(25-22(27)24-18)15-8-6-5-7-9-15/h5-13,20,23H,3-4,14H2,1-2H3,(H2,24,25,27). The summed E-state index contributed by atoms with van der Waals surface area (Å²) in [5, 5.41) is 8.81. The molecule has 1 unspecified atom stereocenters. The first-order valence-corrected chi connectivity index (χ1v) is 9.61. The SMILES string of the molecule is CCOC(=O)C1=C(CNc2ccc(OCC)cc2)NC(=O)NC1c1ccccc1. The molecule has 152 valence electrons. The zero-order chi connectivity index (χ0) is 20.6. The van der Waals surface area contributed by atoms with E-state index in [0.717, 1.165) is 17.0 Å². The molecule has 0 aliphatic carbocycles. The number of amides is 2. The number of carbonyl (C=O) groups excluding carboxylic acids is 2. The minimum atomic E-state index is -0.582. The molecule has 0 bridgehead atoms. The number of esters is 1. The molecular weight excluding hydrogens is 370 g/mol. The van der Waals surface area contributed by atoms with E-state index in [-0.39, 0.29) is 19.2 Å². The summed E-state index contributed by atoms with van der Waals surface area (Å²) in [6, 6.07) is 15.9. The van der Waals surface area contributed by atoms with Crippen LogP contribution in [0.25, 0.3) is 0 Å². The van der Waals surface area contributed by atoms with E-state index < -0.39 is 12.0 Å². The van der Waals surface area contributed by atoms with Crippen LogP contribution >= 0.6 is 0 Å². The summed E-state index contributed by atoms with van der Waals surface area (Å²) in [4.78, 5) is 25.0. The van der Waals surface area contributed by atoms with Gasteiger partial charge in [-0.05, 0) is 43.7 Å². The van der Waals surface area contributed by atoms with Crippen molar-refractivity contribution in [3.8, 4) is 5.75 Å². The first-order valence-electron chi connectivity index (χ1n) is 9.61. The Kier molecular flexibility index (Phi) is 6.73. The molecule has 3 N–H and O–H groups in total. The minimum Gasteiger partial charge on any atom is -0.494 e. The van der Waals surface area contributed by atoms with Gasteiger partial charge in [0.1, 0.15) is 5.75 Å². The predicted octanol–water partition coefficient (Wildman–Crippen LogP) is 3.37. The highest BCUT2D eigenvalue weighted by molar-refractivity contribution is 5.95. The van der Waals surface area contributed by atoms with Crippen molar-refractivity contribution in [2.75, 3.05) is 25.1 Å². The molecule has 1 aliphatic heterocycles. The highest BCUT2D eigenvalue weighted by Crippen LogP contribution is 2.28. The molecule has 2 amide bonds. The second-order valence-electron chi connectivity index (χ2n) is 6.37. The number of carbonyl (C=O) groups is 2. The Hall–Kier alpha value is -3.48. The van der Waals surface area contributed by atoms with Crippen molar-refractivity contribution in [1.29, 1.82) is 0 Å². The lowest BCUT2D eigenvalue weighted by molar-refractivity contribution is -0.139. The van der Waals surface area contributed by atoms with Gasteiger partial charge in [0.25, 0.3) is 0 Å². The molecule has 7 nitrogen and oxygen atoms in total. The molecule has 0 saturated heterocycles. The second kappa shape index (κ2) is 9.64. The van der Waals surface area contributed by atoms with Gasteiger partial charge in [0.15, 0.2) is 0 Å². The Balaban J connectivity index is 1.87. The molecule has 1 atom stereocenters. The summed E-state index contributed by atoms with van der Waals surface area (Å²) < 4.78 is 10.7. The third kappa shape index (κ3) is 5.07. The summed E-state index contributed by atoms with van der Waals surface area (Å²) in [5.74, 6) is 0.320. The summed E-state index contributed by atoms with van der Waals surface area (Å²) in [6.45, 7) is 4.79. The van der Waals surface area contributed by atoms with E-state index >= 15 is 0 Å². The summed E-state index contributed by atoms with van der Waals surface area (Å²) >= 11 is 0. The van der Waals surface area contributed by atoms with Gasteiger partial charge in [0.05, 0.1) is 37.1 Å². The fraction of sp³-hybridized carbons (Fsp3) is 0.273. The highest BCUT2D eigenvalue weighted by atomic mass is 16.5. The number of urea groups is 1. The van der Waals surface area contributed by atoms with Crippen LogP contribution in [0.1, 0.15) is 25.5 Å². The molecule has 0 saturated carbocycles. The van der Waals surface area contributed by atoms with Crippen LogP contribution < -0.4 is 20.7 Å². The van der Waals surface area contributed by atoms with Crippen molar-refractivity contribution in [3.05, 3.63) is 71.4 Å². The van der Waals surface area contributed by atoms with Crippen LogP contribution in [0.15, 0.2) is 65.9 Å². The summed E-state index contributed by atoms with van der Waals surface area (Å²) in [7, 11) is 0. The number of benzene rings is 2. The van der Waals surface area contributed by atoms with E-state index in [1.807, 2.05) is 61.5 Å². The first-order chi connectivity index (χ1) is 14.1. The van der Waals surface area contributed by atoms with E-state index in [1.165, 1.54) is 0 Å². The molecule has 7 heteroatoms. The monoisotopic (exact) mass is 395 g/mol. The normalized spacial score (nSPS) is 15.9. The third-order valence-electron chi connectivity index (χ3n) is 4.42. The molecule has 2 aromatic carbocycles. The van der Waals surface area contributed by atoms with Gasteiger partial charge in [-0.15, -0.1) is 0 Å². The van der Waals surface area contributed by atoms with Crippen LogP contribution in [-0.2, 0) is 9.53 Å². The van der Waals surface area contributed by atoms with Crippen LogP contribution in [0.2, 0.25) is 0 Å². The summed E-state index contributed by atoms with van der Waals surface area (Å²) in [5.41, 5.74) is 2.52. The van der Waals surface area contributed by atoms with E-state index in [4.69, 9.17) is 9.47 Å². The fourth-order valence-corrected chi connectivity index (χ4v) is 3.13. The first kappa shape index (κ1) is 20.3. The molecule has 0 fully saturated rings. The lowest BCUT2D eigenvalue weighted by Gasteiger charge is -2.29. The van der Waals surface area contributed by atoms with Gasteiger partial charge in [0.2, 0.25) is 0 Å². The summed E-state index contributed by atoms with van der Waals surface area (Å²) in [6.07, 6.45) is 0. The molecule has 0 spiro atoms. The number of ether oxygens (including phenoxy) is 2. The Morgan fingerprint density at radius 1 is 1.03 bits per heavy atom. The van der Waals surface area contributed by atoms with Gasteiger partial charge in [-0.1, -0.05) is 30.3 Å². The van der Waals surface area contributed by atoms with Gasteiger partial charge >= 0.3 is 12.0 Å². The molecule has 2 aromatic rings. The topological polar surface area (TPSA) is 88.7 Å². The van der Waals surface area contributed by atoms with Crippen molar-refractivity contribution in [3.63, 3.8) is 0 Å². The number of hydrogen-bond acceptors (Lipinski definition) is 5. The number of nitrogens with one attached hydrogen (secondary N) is 3. The Labute approximate surface area is 170 Å². The molecule has 0 aromatic heterocycles. The number of hydrogen-bond donors (Lipinski definition) is 3. The van der Waals surface area contributed by atoms with Crippen LogP contribution in [0, 0.1) is 0 Å². The van der Waals surface area contributed by atoms with Crippen molar-refractivity contribution < 1.29 is 19.1 Å². The zero-order valence-corrected chi connectivity index (χ0v) is 16.5. The molecule has 1 heterocycles. The molecular formula is C22H25N3O4. The molecule has 3 rings (SSSR count). The van der Waals surface area contributed by atoms with Gasteiger partial charge in [-0.3, -0.25) is 0 Å². The minimum absolute atomic E-state index is 0.247. The van der Waals surface area contributed by atoms with Gasteiger partial charge < -0.3 is 25.4 Å². The maximum atomic E-state index is 12.7. The largest absolute Gasteiger partial charge is 0.494 e. The van der Waals surface area contributed by atoms with E-state index in [9.17, 15) is 9.59 Å². The van der Waals surface area contributed by atoms with Gasteiger partial charge in [-0.25, -0.2) is 9.59 Å². The number of anilines is 1. The van der Waals surface area contributed by atoms with Crippen molar-refractivity contribution in [2.24, 2.45) is 0 Å².